The lowest BCUT2D eigenvalue weighted by molar-refractivity contribution is 0.383. The van der Waals surface area contributed by atoms with Gasteiger partial charge < -0.3 is 9.26 Å². The van der Waals surface area contributed by atoms with E-state index in [-0.39, 0.29) is 12.0 Å². The SMILES string of the molecule is CCCCc1nc(C)c(Cc2nc(-c3ccccc3OC)no2)c(=O)n1Cc1ccc(-c2ccccc2-c2noc(=O)[nH]2)cc1. The number of hydrogen-bond donors (Lipinski definition) is 1. The Bertz CT molecular complexity index is 2050. The Balaban J connectivity index is 1.30. The number of aryl methyl sites for hydroxylation is 2. The van der Waals surface area contributed by atoms with Gasteiger partial charge in [-0.1, -0.05) is 84.3 Å². The van der Waals surface area contributed by atoms with Crippen molar-refractivity contribution in [3.63, 3.8) is 0 Å². The number of aromatic amines is 1. The second kappa shape index (κ2) is 13.0. The Morgan fingerprint density at radius 2 is 1.60 bits per heavy atom. The molecule has 3 aromatic carbocycles. The summed E-state index contributed by atoms with van der Waals surface area (Å²) in [6.07, 6.45) is 2.74. The van der Waals surface area contributed by atoms with E-state index in [1.54, 1.807) is 11.7 Å². The molecule has 6 aromatic rings. The van der Waals surface area contributed by atoms with Crippen LogP contribution in [0, 0.1) is 6.92 Å². The van der Waals surface area contributed by atoms with Gasteiger partial charge in [0, 0.05) is 23.2 Å². The third-order valence-corrected chi connectivity index (χ3v) is 7.67. The third-order valence-electron chi connectivity index (χ3n) is 7.67. The van der Waals surface area contributed by atoms with Crippen molar-refractivity contribution in [1.82, 2.24) is 29.8 Å². The fourth-order valence-electron chi connectivity index (χ4n) is 5.32. The molecule has 0 radical (unpaired) electrons. The summed E-state index contributed by atoms with van der Waals surface area (Å²) < 4.78 is 17.5. The van der Waals surface area contributed by atoms with E-state index in [4.69, 9.17) is 18.8 Å². The summed E-state index contributed by atoms with van der Waals surface area (Å²) in [4.78, 5) is 37.6. The van der Waals surface area contributed by atoms with Crippen molar-refractivity contribution in [2.75, 3.05) is 7.11 Å². The monoisotopic (exact) mass is 604 g/mol. The van der Waals surface area contributed by atoms with Crippen LogP contribution >= 0.6 is 0 Å². The zero-order valence-electron chi connectivity index (χ0n) is 25.2. The van der Waals surface area contributed by atoms with E-state index in [0.29, 0.717) is 53.1 Å². The van der Waals surface area contributed by atoms with Crippen LogP contribution in [0.15, 0.2) is 91.4 Å². The molecule has 228 valence electrons. The van der Waals surface area contributed by atoms with Crippen molar-refractivity contribution in [2.24, 2.45) is 0 Å². The second-order valence-corrected chi connectivity index (χ2v) is 10.7. The molecular weight excluding hydrogens is 572 g/mol. The van der Waals surface area contributed by atoms with E-state index < -0.39 is 5.76 Å². The number of unbranched alkanes of at least 4 members (excludes halogenated alkanes) is 1. The summed E-state index contributed by atoms with van der Waals surface area (Å²) in [6, 6.07) is 23.0. The van der Waals surface area contributed by atoms with E-state index in [1.165, 1.54) is 0 Å². The number of aromatic nitrogens is 6. The molecule has 0 unspecified atom stereocenters. The summed E-state index contributed by atoms with van der Waals surface area (Å²) in [6.45, 7) is 4.32. The Kier molecular flexibility index (Phi) is 8.50. The number of benzene rings is 3. The number of methoxy groups -OCH3 is 1. The lowest BCUT2D eigenvalue weighted by atomic mass is 9.98. The highest BCUT2D eigenvalue weighted by Crippen LogP contribution is 2.30. The molecule has 0 saturated carbocycles. The van der Waals surface area contributed by atoms with Crippen LogP contribution in [0.4, 0.5) is 0 Å². The Labute approximate surface area is 258 Å². The van der Waals surface area contributed by atoms with Crippen molar-refractivity contribution in [3.05, 3.63) is 122 Å². The highest BCUT2D eigenvalue weighted by atomic mass is 16.5. The number of H-pyrrole nitrogens is 1. The average molecular weight is 605 g/mol. The molecule has 3 aromatic heterocycles. The van der Waals surface area contributed by atoms with Crippen molar-refractivity contribution >= 4 is 0 Å². The fourth-order valence-corrected chi connectivity index (χ4v) is 5.32. The topological polar surface area (TPSA) is 142 Å². The van der Waals surface area contributed by atoms with Crippen LogP contribution in [-0.4, -0.2) is 36.9 Å². The maximum atomic E-state index is 14.0. The summed E-state index contributed by atoms with van der Waals surface area (Å²) in [5.41, 5.74) is 5.25. The first-order valence-electron chi connectivity index (χ1n) is 14.7. The molecule has 1 N–H and O–H groups in total. The molecule has 0 aliphatic rings. The van der Waals surface area contributed by atoms with Crippen LogP contribution in [-0.2, 0) is 19.4 Å². The average Bonchev–Trinajstić information content (AvgIpc) is 3.73. The van der Waals surface area contributed by atoms with Crippen LogP contribution in [0.1, 0.15) is 48.3 Å². The molecule has 0 spiro atoms. The van der Waals surface area contributed by atoms with Gasteiger partial charge in [0.05, 0.1) is 25.6 Å². The molecule has 0 fully saturated rings. The van der Waals surface area contributed by atoms with Gasteiger partial charge in [-0.05, 0) is 42.2 Å². The Hall–Kier alpha value is -5.58. The van der Waals surface area contributed by atoms with Gasteiger partial charge in [-0.2, -0.15) is 4.98 Å². The number of nitrogens with one attached hydrogen (secondary N) is 1. The van der Waals surface area contributed by atoms with Crippen molar-refractivity contribution in [2.45, 2.75) is 46.1 Å². The van der Waals surface area contributed by atoms with Gasteiger partial charge in [0.1, 0.15) is 11.6 Å². The number of nitrogens with zero attached hydrogens (tertiary/aromatic N) is 5. The molecule has 0 aliphatic carbocycles. The minimum Gasteiger partial charge on any atom is -0.496 e. The van der Waals surface area contributed by atoms with E-state index in [0.717, 1.165) is 40.9 Å². The predicted octanol–water partition coefficient (Wildman–Crippen LogP) is 5.60. The smallest absolute Gasteiger partial charge is 0.439 e. The first kappa shape index (κ1) is 29.5. The summed E-state index contributed by atoms with van der Waals surface area (Å²) in [5, 5.41) is 7.99. The van der Waals surface area contributed by atoms with E-state index in [9.17, 15) is 9.59 Å². The molecular formula is C34H32N6O5. The predicted molar refractivity (Wildman–Crippen MR) is 168 cm³/mol. The molecule has 3 heterocycles. The first-order chi connectivity index (χ1) is 21.9. The molecule has 6 rings (SSSR count). The lowest BCUT2D eigenvalue weighted by Crippen LogP contribution is -2.30. The van der Waals surface area contributed by atoms with Crippen molar-refractivity contribution in [1.29, 1.82) is 0 Å². The Morgan fingerprint density at radius 3 is 2.31 bits per heavy atom. The van der Waals surface area contributed by atoms with E-state index in [2.05, 4.69) is 27.2 Å². The molecule has 0 atom stereocenters. The van der Waals surface area contributed by atoms with Crippen LogP contribution in [0.5, 0.6) is 5.75 Å². The normalized spacial score (nSPS) is 11.2. The first-order valence-corrected chi connectivity index (χ1v) is 14.7. The minimum absolute atomic E-state index is 0.130. The van der Waals surface area contributed by atoms with Crippen molar-refractivity contribution in [3.8, 4) is 39.7 Å². The zero-order chi connectivity index (χ0) is 31.3. The summed E-state index contributed by atoms with van der Waals surface area (Å²) in [5.74, 6) is 1.84. The van der Waals surface area contributed by atoms with Gasteiger partial charge in [-0.15, -0.1) is 0 Å². The molecule has 45 heavy (non-hydrogen) atoms. The van der Waals surface area contributed by atoms with Crippen LogP contribution < -0.4 is 16.1 Å². The minimum atomic E-state index is -0.610. The molecule has 0 aliphatic heterocycles. The standard InChI is InChI=1S/C34H32N6O5/c1-4-5-14-29-35-21(2)27(19-30-36-32(38-44-30)26-12-8-9-13-28(26)43-3)33(41)40(29)20-22-15-17-23(18-16-22)24-10-6-7-11-25(24)31-37-34(42)45-39-31/h6-13,15-18H,4-5,14,19-20H2,1-3H3,(H,37,39,42). The summed E-state index contributed by atoms with van der Waals surface area (Å²) in [7, 11) is 1.59. The largest absolute Gasteiger partial charge is 0.496 e. The molecule has 11 nitrogen and oxygen atoms in total. The fraction of sp³-hybridized carbons (Fsp3) is 0.235. The van der Waals surface area contributed by atoms with E-state index in [1.807, 2.05) is 79.7 Å². The van der Waals surface area contributed by atoms with Gasteiger partial charge in [0.25, 0.3) is 5.56 Å². The molecule has 0 saturated heterocycles. The molecule has 11 heteroatoms. The quantitative estimate of drug-likeness (QED) is 0.200. The lowest BCUT2D eigenvalue weighted by Gasteiger charge is -2.16. The maximum Gasteiger partial charge on any atom is 0.439 e. The summed E-state index contributed by atoms with van der Waals surface area (Å²) >= 11 is 0. The van der Waals surface area contributed by atoms with E-state index >= 15 is 0 Å². The van der Waals surface area contributed by atoms with Crippen molar-refractivity contribution < 1.29 is 13.8 Å². The van der Waals surface area contributed by atoms with Crippen LogP contribution in [0.2, 0.25) is 0 Å². The maximum absolute atomic E-state index is 14.0. The highest BCUT2D eigenvalue weighted by Gasteiger charge is 2.19. The number of rotatable bonds is 11. The number of para-hydroxylation sites is 1. The zero-order valence-corrected chi connectivity index (χ0v) is 25.2. The highest BCUT2D eigenvalue weighted by molar-refractivity contribution is 5.80. The van der Waals surface area contributed by atoms with Gasteiger partial charge in [0.15, 0.2) is 5.82 Å². The van der Waals surface area contributed by atoms with Gasteiger partial charge in [0.2, 0.25) is 11.7 Å². The van der Waals surface area contributed by atoms with Gasteiger partial charge in [-0.25, -0.2) is 9.78 Å². The van der Waals surface area contributed by atoms with Crippen LogP contribution in [0.3, 0.4) is 0 Å². The number of hydrogen-bond acceptors (Lipinski definition) is 9. The van der Waals surface area contributed by atoms with Crippen LogP contribution in [0.25, 0.3) is 33.9 Å². The Morgan fingerprint density at radius 1 is 0.867 bits per heavy atom. The molecule has 0 amide bonds. The molecule has 0 bridgehead atoms. The second-order valence-electron chi connectivity index (χ2n) is 10.7. The third kappa shape index (κ3) is 6.23. The number of ether oxygens (including phenoxy) is 1. The van der Waals surface area contributed by atoms with Gasteiger partial charge in [-0.3, -0.25) is 18.9 Å². The van der Waals surface area contributed by atoms with Gasteiger partial charge >= 0.3 is 5.76 Å².